The highest BCUT2D eigenvalue weighted by Crippen LogP contribution is 2.44. The molecule has 0 spiro atoms. The SMILES string of the molecule is O=C1CCC[C@@H]2[C@H]3CCCN4CCC[C@H](CN12)[C@@H]34.O=C1N=Cc2ccccc21. The van der Waals surface area contributed by atoms with Crippen LogP contribution in [0.25, 0.3) is 0 Å². The zero-order valence-electron chi connectivity index (χ0n) is 16.4. The fourth-order valence-corrected chi connectivity index (χ4v) is 6.26. The van der Waals surface area contributed by atoms with Gasteiger partial charge in [0.2, 0.25) is 5.91 Å². The maximum Gasteiger partial charge on any atom is 0.277 e. The van der Waals surface area contributed by atoms with Gasteiger partial charge in [0, 0.05) is 36.8 Å². The lowest BCUT2D eigenvalue weighted by atomic mass is 9.68. The highest BCUT2D eigenvalue weighted by molar-refractivity contribution is 6.12. The number of amides is 2. The number of hydrogen-bond donors (Lipinski definition) is 0. The Balaban J connectivity index is 0.000000145. The predicted octanol–water partition coefficient (Wildman–Crippen LogP) is 3.13. The van der Waals surface area contributed by atoms with Gasteiger partial charge < -0.3 is 4.90 Å². The molecule has 5 nitrogen and oxygen atoms in total. The molecule has 0 N–H and O–H groups in total. The van der Waals surface area contributed by atoms with E-state index in [0.29, 0.717) is 17.5 Å². The summed E-state index contributed by atoms with van der Waals surface area (Å²) in [6.07, 6.45) is 10.2. The summed E-state index contributed by atoms with van der Waals surface area (Å²) in [5.74, 6) is 1.90. The Labute approximate surface area is 166 Å². The Morgan fingerprint density at radius 2 is 1.79 bits per heavy atom. The standard InChI is InChI=1S/C15H24N2O.C8H5NO/c18-14-7-1-6-13-12-5-3-9-16-8-2-4-11(15(12)16)10-17(13)14;10-8-7-4-2-1-3-6(7)5-9-8/h11-13,15H,1-10H2;1-5H/t11-,12-,13-,15+;/m1./s1. The molecule has 6 rings (SSSR count). The normalized spacial score (nSPS) is 33.5. The van der Waals surface area contributed by atoms with E-state index < -0.39 is 0 Å². The summed E-state index contributed by atoms with van der Waals surface area (Å²) in [6, 6.07) is 8.80. The molecule has 1 aromatic rings. The van der Waals surface area contributed by atoms with Gasteiger partial charge in [-0.05, 0) is 69.5 Å². The van der Waals surface area contributed by atoms with Gasteiger partial charge in [-0.15, -0.1) is 0 Å². The molecule has 5 heteroatoms. The van der Waals surface area contributed by atoms with Crippen LogP contribution in [0.5, 0.6) is 0 Å². The summed E-state index contributed by atoms with van der Waals surface area (Å²) < 4.78 is 0. The van der Waals surface area contributed by atoms with Crippen LogP contribution >= 0.6 is 0 Å². The fourth-order valence-electron chi connectivity index (χ4n) is 6.26. The maximum atomic E-state index is 12.2. The van der Waals surface area contributed by atoms with E-state index in [9.17, 15) is 9.59 Å². The molecule has 0 aromatic heterocycles. The van der Waals surface area contributed by atoms with Crippen LogP contribution in [0.4, 0.5) is 0 Å². The molecule has 1 aromatic carbocycles. The Morgan fingerprint density at radius 1 is 0.964 bits per heavy atom. The van der Waals surface area contributed by atoms with Crippen LogP contribution in [0.3, 0.4) is 0 Å². The van der Waals surface area contributed by atoms with Gasteiger partial charge in [-0.2, -0.15) is 0 Å². The molecule has 28 heavy (non-hydrogen) atoms. The zero-order valence-corrected chi connectivity index (χ0v) is 16.4. The molecule has 5 aliphatic heterocycles. The molecule has 4 saturated heterocycles. The van der Waals surface area contributed by atoms with E-state index in [1.807, 2.05) is 18.2 Å². The first kappa shape index (κ1) is 18.0. The van der Waals surface area contributed by atoms with Gasteiger partial charge >= 0.3 is 0 Å². The van der Waals surface area contributed by atoms with E-state index in [-0.39, 0.29) is 5.91 Å². The number of aliphatic imine (C=N–C) groups is 1. The van der Waals surface area contributed by atoms with Crippen LogP contribution in [0.1, 0.15) is 60.9 Å². The van der Waals surface area contributed by atoms with Crippen molar-refractivity contribution >= 4 is 18.0 Å². The Morgan fingerprint density at radius 3 is 2.64 bits per heavy atom. The van der Waals surface area contributed by atoms with Gasteiger partial charge in [-0.1, -0.05) is 18.2 Å². The van der Waals surface area contributed by atoms with Crippen molar-refractivity contribution in [1.29, 1.82) is 0 Å². The first-order valence-electron chi connectivity index (χ1n) is 10.9. The van der Waals surface area contributed by atoms with Gasteiger partial charge in [-0.3, -0.25) is 14.5 Å². The zero-order chi connectivity index (χ0) is 19.1. The molecule has 2 amide bonds. The average Bonchev–Trinajstić information content (AvgIpc) is 3.11. The molecule has 0 bridgehead atoms. The van der Waals surface area contributed by atoms with E-state index in [2.05, 4.69) is 14.8 Å². The van der Waals surface area contributed by atoms with Crippen LogP contribution in [0, 0.1) is 11.8 Å². The van der Waals surface area contributed by atoms with Crippen LogP contribution in [-0.2, 0) is 4.79 Å². The summed E-state index contributed by atoms with van der Waals surface area (Å²) in [6.45, 7) is 3.71. The predicted molar refractivity (Wildman–Crippen MR) is 109 cm³/mol. The Kier molecular flexibility index (Phi) is 4.79. The molecule has 148 valence electrons. The number of benzene rings is 1. The largest absolute Gasteiger partial charge is 0.339 e. The van der Waals surface area contributed by atoms with E-state index in [4.69, 9.17) is 0 Å². The molecule has 0 unspecified atom stereocenters. The number of hydrogen-bond acceptors (Lipinski definition) is 3. The van der Waals surface area contributed by atoms with E-state index in [1.165, 1.54) is 45.2 Å². The maximum absolute atomic E-state index is 12.2. The van der Waals surface area contributed by atoms with Crippen molar-refractivity contribution in [3.05, 3.63) is 35.4 Å². The van der Waals surface area contributed by atoms with Crippen molar-refractivity contribution in [3.8, 4) is 0 Å². The first-order chi connectivity index (χ1) is 13.7. The molecule has 5 aliphatic rings. The number of fused-ring (bicyclic) bond motifs is 3. The lowest BCUT2D eigenvalue weighted by molar-refractivity contribution is -0.150. The minimum atomic E-state index is -0.129. The average molecular weight is 380 g/mol. The van der Waals surface area contributed by atoms with E-state index in [0.717, 1.165) is 42.8 Å². The van der Waals surface area contributed by atoms with Crippen molar-refractivity contribution in [2.45, 2.75) is 57.0 Å². The lowest BCUT2D eigenvalue weighted by Crippen LogP contribution is -2.66. The van der Waals surface area contributed by atoms with Crippen molar-refractivity contribution < 1.29 is 9.59 Å². The topological polar surface area (TPSA) is 53.0 Å². The smallest absolute Gasteiger partial charge is 0.277 e. The molecular formula is C23H29N3O2. The second kappa shape index (κ2) is 7.43. The van der Waals surface area contributed by atoms with E-state index in [1.54, 1.807) is 12.3 Å². The molecular weight excluding hydrogens is 350 g/mol. The summed E-state index contributed by atoms with van der Waals surface area (Å²) in [5.41, 5.74) is 1.63. The van der Waals surface area contributed by atoms with Crippen LogP contribution in [0.2, 0.25) is 0 Å². The number of piperidine rings is 4. The molecule has 4 fully saturated rings. The van der Waals surface area contributed by atoms with E-state index >= 15 is 0 Å². The minimum Gasteiger partial charge on any atom is -0.339 e. The number of nitrogens with zero attached hydrogens (tertiary/aromatic N) is 3. The fraction of sp³-hybridized carbons (Fsp3) is 0.609. The molecule has 5 heterocycles. The number of carbonyl (C=O) groups excluding carboxylic acids is 2. The molecule has 0 saturated carbocycles. The van der Waals surface area contributed by atoms with Crippen molar-refractivity contribution in [1.82, 2.24) is 9.80 Å². The number of carbonyl (C=O) groups is 2. The third-order valence-electron chi connectivity index (χ3n) is 7.40. The van der Waals surface area contributed by atoms with Gasteiger partial charge in [0.15, 0.2) is 0 Å². The van der Waals surface area contributed by atoms with Gasteiger partial charge in [-0.25, -0.2) is 4.99 Å². The quantitative estimate of drug-likeness (QED) is 0.696. The molecule has 0 radical (unpaired) electrons. The number of rotatable bonds is 0. The lowest BCUT2D eigenvalue weighted by Gasteiger charge is -2.58. The second-order valence-corrected chi connectivity index (χ2v) is 8.89. The molecule has 4 atom stereocenters. The van der Waals surface area contributed by atoms with Crippen molar-refractivity contribution in [3.63, 3.8) is 0 Å². The van der Waals surface area contributed by atoms with Crippen molar-refractivity contribution in [2.75, 3.05) is 19.6 Å². The summed E-state index contributed by atoms with van der Waals surface area (Å²) in [7, 11) is 0. The second-order valence-electron chi connectivity index (χ2n) is 8.89. The third-order valence-corrected chi connectivity index (χ3v) is 7.40. The highest BCUT2D eigenvalue weighted by Gasteiger charge is 2.50. The highest BCUT2D eigenvalue weighted by atomic mass is 16.2. The Hall–Kier alpha value is -2.01. The summed E-state index contributed by atoms with van der Waals surface area (Å²) >= 11 is 0. The van der Waals surface area contributed by atoms with Gasteiger partial charge in [0.1, 0.15) is 0 Å². The Bertz CT molecular complexity index is 803. The summed E-state index contributed by atoms with van der Waals surface area (Å²) in [4.78, 5) is 31.7. The van der Waals surface area contributed by atoms with Crippen molar-refractivity contribution in [2.24, 2.45) is 16.8 Å². The van der Waals surface area contributed by atoms with Gasteiger partial charge in [0.05, 0.1) is 5.56 Å². The first-order valence-corrected chi connectivity index (χ1v) is 10.9. The molecule has 0 aliphatic carbocycles. The minimum absolute atomic E-state index is 0.129. The monoisotopic (exact) mass is 379 g/mol. The van der Waals surface area contributed by atoms with Crippen LogP contribution in [-0.4, -0.2) is 59.5 Å². The van der Waals surface area contributed by atoms with Gasteiger partial charge in [0.25, 0.3) is 5.91 Å². The van der Waals surface area contributed by atoms with Crippen LogP contribution < -0.4 is 0 Å². The van der Waals surface area contributed by atoms with Crippen LogP contribution in [0.15, 0.2) is 29.3 Å². The third kappa shape index (κ3) is 3.10. The summed E-state index contributed by atoms with van der Waals surface area (Å²) in [5, 5.41) is 0.